The second-order valence-electron chi connectivity index (χ2n) is 5.52. The van der Waals surface area contributed by atoms with Crippen molar-refractivity contribution in [2.75, 3.05) is 5.32 Å². The molecule has 1 aromatic heterocycles. The van der Waals surface area contributed by atoms with Crippen LogP contribution in [0.2, 0.25) is 0 Å². The molecular weight excluding hydrogens is 228 g/mol. The second kappa shape index (κ2) is 4.63. The van der Waals surface area contributed by atoms with Gasteiger partial charge in [-0.15, -0.1) is 0 Å². The number of hydrogen-bond acceptors (Lipinski definition) is 2. The third-order valence-corrected chi connectivity index (χ3v) is 4.33. The summed E-state index contributed by atoms with van der Waals surface area (Å²) in [4.78, 5) is 14.4. The van der Waals surface area contributed by atoms with E-state index in [0.29, 0.717) is 18.0 Å². The Morgan fingerprint density at radius 2 is 2.33 bits per heavy atom. The smallest absolute Gasteiger partial charge is 0.319 e. The van der Waals surface area contributed by atoms with Crippen molar-refractivity contribution in [2.24, 2.45) is 5.92 Å². The summed E-state index contributed by atoms with van der Waals surface area (Å²) in [5.41, 5.74) is 0.742. The molecule has 2 amide bonds. The number of anilines is 1. The highest BCUT2D eigenvalue weighted by molar-refractivity contribution is 5.89. The van der Waals surface area contributed by atoms with E-state index < -0.39 is 0 Å². The summed E-state index contributed by atoms with van der Waals surface area (Å²) in [5, 5.41) is 9.47. The maximum atomic E-state index is 12.4. The molecule has 0 radical (unpaired) electrons. The van der Waals surface area contributed by atoms with Gasteiger partial charge in [-0.2, -0.15) is 5.10 Å². The number of nitrogens with one attached hydrogen (secondary N) is 2. The van der Waals surface area contributed by atoms with Gasteiger partial charge in [-0.25, -0.2) is 4.79 Å². The molecule has 1 aliphatic heterocycles. The maximum Gasteiger partial charge on any atom is 0.322 e. The Labute approximate surface area is 107 Å². The predicted octanol–water partition coefficient (Wildman–Crippen LogP) is 2.59. The molecule has 2 aliphatic rings. The highest BCUT2D eigenvalue weighted by Crippen LogP contribution is 2.39. The van der Waals surface area contributed by atoms with Crippen LogP contribution in [0.1, 0.15) is 39.0 Å². The fourth-order valence-corrected chi connectivity index (χ4v) is 3.57. The van der Waals surface area contributed by atoms with Crippen molar-refractivity contribution in [1.82, 2.24) is 15.1 Å². The zero-order chi connectivity index (χ0) is 12.5. The minimum atomic E-state index is 0.0262. The molecule has 2 fully saturated rings. The van der Waals surface area contributed by atoms with E-state index in [1.165, 1.54) is 19.3 Å². The van der Waals surface area contributed by atoms with Crippen molar-refractivity contribution >= 4 is 11.7 Å². The van der Waals surface area contributed by atoms with Gasteiger partial charge in [0.1, 0.15) is 0 Å². The average Bonchev–Trinajstić information content (AvgIpc) is 2.94. The lowest BCUT2D eigenvalue weighted by Crippen LogP contribution is -2.44. The second-order valence-corrected chi connectivity index (χ2v) is 5.52. The quantitative estimate of drug-likeness (QED) is 0.802. The molecule has 1 saturated carbocycles. The van der Waals surface area contributed by atoms with Crippen LogP contribution >= 0.6 is 0 Å². The molecule has 5 heteroatoms. The first kappa shape index (κ1) is 11.6. The van der Waals surface area contributed by atoms with Gasteiger partial charge < -0.3 is 10.2 Å². The van der Waals surface area contributed by atoms with Crippen LogP contribution in [-0.4, -0.2) is 33.2 Å². The number of carbonyl (C=O) groups is 1. The molecular formula is C13H20N4O. The van der Waals surface area contributed by atoms with Crippen molar-refractivity contribution in [1.29, 1.82) is 0 Å². The standard InChI is InChI=1S/C13H20N4O/c1-9-6-10-4-2-3-5-12(10)17(9)13(18)16-11-7-14-15-8-11/h7-10,12H,2-6H2,1H3,(H,14,15)(H,16,18). The van der Waals surface area contributed by atoms with Crippen molar-refractivity contribution in [3.63, 3.8) is 0 Å². The number of aromatic amines is 1. The first-order valence-corrected chi connectivity index (χ1v) is 6.84. The normalized spacial score (nSPS) is 31.2. The number of H-pyrrole nitrogens is 1. The summed E-state index contributed by atoms with van der Waals surface area (Å²) in [6.45, 7) is 2.16. The third-order valence-electron chi connectivity index (χ3n) is 4.33. The molecule has 0 spiro atoms. The van der Waals surface area contributed by atoms with Gasteiger partial charge in [0.05, 0.1) is 11.9 Å². The number of likely N-dealkylation sites (tertiary alicyclic amines) is 1. The van der Waals surface area contributed by atoms with E-state index in [9.17, 15) is 4.79 Å². The van der Waals surface area contributed by atoms with Crippen LogP contribution in [0.4, 0.5) is 10.5 Å². The Balaban J connectivity index is 1.72. The van der Waals surface area contributed by atoms with Crippen LogP contribution in [-0.2, 0) is 0 Å². The molecule has 0 bridgehead atoms. The van der Waals surface area contributed by atoms with E-state index in [2.05, 4.69) is 27.3 Å². The number of carbonyl (C=O) groups excluding carboxylic acids is 1. The number of aromatic nitrogens is 2. The van der Waals surface area contributed by atoms with Crippen molar-refractivity contribution in [3.8, 4) is 0 Å². The van der Waals surface area contributed by atoms with Crippen LogP contribution in [0.5, 0.6) is 0 Å². The van der Waals surface area contributed by atoms with Gasteiger partial charge in [0, 0.05) is 18.3 Å². The van der Waals surface area contributed by atoms with E-state index in [0.717, 1.165) is 18.5 Å². The number of amides is 2. The Morgan fingerprint density at radius 3 is 3.11 bits per heavy atom. The fraction of sp³-hybridized carbons (Fsp3) is 0.692. The minimum Gasteiger partial charge on any atom is -0.319 e. The zero-order valence-electron chi connectivity index (χ0n) is 10.7. The molecule has 2 heterocycles. The molecule has 1 aliphatic carbocycles. The predicted molar refractivity (Wildman–Crippen MR) is 69.3 cm³/mol. The van der Waals surface area contributed by atoms with Gasteiger partial charge in [0.2, 0.25) is 0 Å². The molecule has 3 unspecified atom stereocenters. The Kier molecular flexibility index (Phi) is 2.97. The van der Waals surface area contributed by atoms with E-state index in [4.69, 9.17) is 0 Å². The molecule has 2 N–H and O–H groups in total. The van der Waals surface area contributed by atoms with Gasteiger partial charge in [-0.3, -0.25) is 5.10 Å². The van der Waals surface area contributed by atoms with Crippen LogP contribution in [0.25, 0.3) is 0 Å². The summed E-state index contributed by atoms with van der Waals surface area (Å²) >= 11 is 0. The first-order valence-electron chi connectivity index (χ1n) is 6.84. The number of rotatable bonds is 1. The summed E-state index contributed by atoms with van der Waals surface area (Å²) in [5.74, 6) is 0.712. The molecule has 1 saturated heterocycles. The zero-order valence-corrected chi connectivity index (χ0v) is 10.7. The van der Waals surface area contributed by atoms with Gasteiger partial charge >= 0.3 is 6.03 Å². The molecule has 5 nitrogen and oxygen atoms in total. The summed E-state index contributed by atoms with van der Waals surface area (Å²) in [6, 6.07) is 0.823. The number of fused-ring (bicyclic) bond motifs is 1. The van der Waals surface area contributed by atoms with E-state index in [1.54, 1.807) is 12.4 Å². The van der Waals surface area contributed by atoms with Crippen molar-refractivity contribution < 1.29 is 4.79 Å². The number of urea groups is 1. The Morgan fingerprint density at radius 1 is 1.50 bits per heavy atom. The van der Waals surface area contributed by atoms with Gasteiger partial charge in [0.15, 0.2) is 0 Å². The largest absolute Gasteiger partial charge is 0.322 e. The van der Waals surface area contributed by atoms with Crippen LogP contribution in [0.3, 0.4) is 0 Å². The minimum absolute atomic E-state index is 0.0262. The topological polar surface area (TPSA) is 61.0 Å². The van der Waals surface area contributed by atoms with Gasteiger partial charge in [-0.1, -0.05) is 12.8 Å². The van der Waals surface area contributed by atoms with Crippen LogP contribution in [0.15, 0.2) is 12.4 Å². The number of hydrogen-bond donors (Lipinski definition) is 2. The lowest BCUT2D eigenvalue weighted by atomic mass is 9.85. The Hall–Kier alpha value is -1.52. The van der Waals surface area contributed by atoms with Gasteiger partial charge in [-0.05, 0) is 32.1 Å². The number of nitrogens with zero attached hydrogens (tertiary/aromatic N) is 2. The highest BCUT2D eigenvalue weighted by atomic mass is 16.2. The fourth-order valence-electron chi connectivity index (χ4n) is 3.57. The SMILES string of the molecule is CC1CC2CCCCC2N1C(=O)Nc1cn[nH]c1. The van der Waals surface area contributed by atoms with E-state index in [1.807, 2.05) is 0 Å². The summed E-state index contributed by atoms with van der Waals surface area (Å²) in [6.07, 6.45) is 9.52. The lowest BCUT2D eigenvalue weighted by molar-refractivity contribution is 0.168. The van der Waals surface area contributed by atoms with Crippen LogP contribution < -0.4 is 5.32 Å². The first-order chi connectivity index (χ1) is 8.75. The van der Waals surface area contributed by atoms with Gasteiger partial charge in [0.25, 0.3) is 0 Å². The average molecular weight is 248 g/mol. The molecule has 0 aromatic carbocycles. The molecule has 3 rings (SSSR count). The Bertz CT molecular complexity index is 417. The van der Waals surface area contributed by atoms with Crippen molar-refractivity contribution in [2.45, 2.75) is 51.1 Å². The summed E-state index contributed by atoms with van der Waals surface area (Å²) in [7, 11) is 0. The maximum absolute atomic E-state index is 12.4. The van der Waals surface area contributed by atoms with Crippen LogP contribution in [0, 0.1) is 5.92 Å². The lowest BCUT2D eigenvalue weighted by Gasteiger charge is -2.33. The van der Waals surface area contributed by atoms with E-state index >= 15 is 0 Å². The van der Waals surface area contributed by atoms with E-state index in [-0.39, 0.29) is 6.03 Å². The molecule has 1 aromatic rings. The highest BCUT2D eigenvalue weighted by Gasteiger charge is 2.42. The molecule has 98 valence electrons. The third kappa shape index (κ3) is 1.98. The molecule has 18 heavy (non-hydrogen) atoms. The summed E-state index contributed by atoms with van der Waals surface area (Å²) < 4.78 is 0. The molecule has 3 atom stereocenters. The van der Waals surface area contributed by atoms with Crippen molar-refractivity contribution in [3.05, 3.63) is 12.4 Å². The monoisotopic (exact) mass is 248 g/mol.